The van der Waals surface area contributed by atoms with Gasteiger partial charge in [-0.3, -0.25) is 0 Å². The molecule has 0 bridgehead atoms. The molecule has 0 saturated carbocycles. The molecule has 2 aromatic rings. The van der Waals surface area contributed by atoms with Crippen LogP contribution in [0.3, 0.4) is 0 Å². The molecule has 6 heteroatoms. The first kappa shape index (κ1) is 12.5. The number of morpholine rings is 1. The van der Waals surface area contributed by atoms with Crippen LogP contribution >= 0.6 is 15.9 Å². The van der Waals surface area contributed by atoms with Gasteiger partial charge in [-0.15, -0.1) is 0 Å². The van der Waals surface area contributed by atoms with Gasteiger partial charge in [-0.1, -0.05) is 11.2 Å². The number of nitrogens with zero attached hydrogens (tertiary/aromatic N) is 2. The first-order chi connectivity index (χ1) is 9.24. The molecule has 0 atom stereocenters. The van der Waals surface area contributed by atoms with Crippen molar-refractivity contribution < 1.29 is 9.26 Å². The Kier molecular flexibility index (Phi) is 3.44. The van der Waals surface area contributed by atoms with Crippen LogP contribution < -0.4 is 10.6 Å². The molecule has 3 rings (SSSR count). The molecule has 1 aliphatic rings. The molecule has 5 nitrogen and oxygen atoms in total. The third kappa shape index (κ3) is 2.59. The molecule has 0 amide bonds. The van der Waals surface area contributed by atoms with Crippen LogP contribution in [0.2, 0.25) is 0 Å². The first-order valence-corrected chi connectivity index (χ1v) is 6.88. The van der Waals surface area contributed by atoms with Crippen molar-refractivity contribution in [2.45, 2.75) is 0 Å². The van der Waals surface area contributed by atoms with E-state index in [0.717, 1.165) is 42.0 Å². The predicted octanol–water partition coefficient (Wildman–Crippen LogP) is 2.52. The average molecular weight is 324 g/mol. The molecule has 2 heterocycles. The number of rotatable bonds is 2. The third-order valence-electron chi connectivity index (χ3n) is 3.12. The van der Waals surface area contributed by atoms with Gasteiger partial charge >= 0.3 is 0 Å². The van der Waals surface area contributed by atoms with Crippen LogP contribution in [-0.4, -0.2) is 31.5 Å². The van der Waals surface area contributed by atoms with E-state index < -0.39 is 0 Å². The largest absolute Gasteiger partial charge is 0.378 e. The number of aromatic nitrogens is 1. The Labute approximate surface area is 119 Å². The Hall–Kier alpha value is -1.53. The zero-order chi connectivity index (χ0) is 13.2. The second-order valence-corrected chi connectivity index (χ2v) is 5.23. The van der Waals surface area contributed by atoms with Crippen molar-refractivity contribution in [2.24, 2.45) is 0 Å². The standard InChI is InChI=1S/C13H14BrN3O2/c14-10-7-9(11-8-13(15)19-16-11)1-2-12(10)17-3-5-18-6-4-17/h1-2,7-8H,3-6,15H2. The second-order valence-electron chi connectivity index (χ2n) is 4.38. The molecule has 0 aliphatic carbocycles. The van der Waals surface area contributed by atoms with Gasteiger partial charge in [0.2, 0.25) is 5.88 Å². The minimum atomic E-state index is 0.323. The van der Waals surface area contributed by atoms with E-state index in [2.05, 4.69) is 32.1 Å². The molecule has 1 aromatic heterocycles. The Balaban J connectivity index is 1.89. The van der Waals surface area contributed by atoms with Gasteiger partial charge < -0.3 is 19.9 Å². The number of halogens is 1. The molecule has 1 saturated heterocycles. The highest BCUT2D eigenvalue weighted by Crippen LogP contribution is 2.32. The fourth-order valence-corrected chi connectivity index (χ4v) is 2.78. The molecule has 1 aliphatic heterocycles. The van der Waals surface area contributed by atoms with E-state index in [9.17, 15) is 0 Å². The van der Waals surface area contributed by atoms with Crippen molar-refractivity contribution >= 4 is 27.5 Å². The molecule has 0 unspecified atom stereocenters. The first-order valence-electron chi connectivity index (χ1n) is 6.09. The number of hydrogen-bond acceptors (Lipinski definition) is 5. The summed E-state index contributed by atoms with van der Waals surface area (Å²) in [4.78, 5) is 2.30. The molecule has 0 radical (unpaired) electrons. The minimum Gasteiger partial charge on any atom is -0.378 e. The Morgan fingerprint density at radius 2 is 2.00 bits per heavy atom. The van der Waals surface area contributed by atoms with E-state index in [-0.39, 0.29) is 0 Å². The monoisotopic (exact) mass is 323 g/mol. The maximum atomic E-state index is 5.54. The third-order valence-corrected chi connectivity index (χ3v) is 3.76. The van der Waals surface area contributed by atoms with Crippen LogP contribution in [0.1, 0.15) is 0 Å². The van der Waals surface area contributed by atoms with Crippen molar-refractivity contribution in [3.8, 4) is 11.3 Å². The maximum Gasteiger partial charge on any atom is 0.222 e. The van der Waals surface area contributed by atoms with Crippen LogP contribution in [0.15, 0.2) is 33.3 Å². The van der Waals surface area contributed by atoms with E-state index in [1.54, 1.807) is 6.07 Å². The normalized spacial score (nSPS) is 15.7. The second kappa shape index (κ2) is 5.22. The summed E-state index contributed by atoms with van der Waals surface area (Å²) in [5.74, 6) is 0.323. The van der Waals surface area contributed by atoms with Crippen molar-refractivity contribution in [3.05, 3.63) is 28.7 Å². The number of benzene rings is 1. The average Bonchev–Trinajstić information content (AvgIpc) is 2.86. The summed E-state index contributed by atoms with van der Waals surface area (Å²) in [6, 6.07) is 7.85. The summed E-state index contributed by atoms with van der Waals surface area (Å²) in [5.41, 5.74) is 8.43. The Morgan fingerprint density at radius 1 is 1.21 bits per heavy atom. The number of ether oxygens (including phenoxy) is 1. The smallest absolute Gasteiger partial charge is 0.222 e. The van der Waals surface area contributed by atoms with E-state index >= 15 is 0 Å². The lowest BCUT2D eigenvalue weighted by Crippen LogP contribution is -2.36. The molecule has 1 fully saturated rings. The van der Waals surface area contributed by atoms with Crippen molar-refractivity contribution in [3.63, 3.8) is 0 Å². The molecule has 2 N–H and O–H groups in total. The minimum absolute atomic E-state index is 0.323. The van der Waals surface area contributed by atoms with Gasteiger partial charge in [0.05, 0.1) is 18.9 Å². The SMILES string of the molecule is Nc1cc(-c2ccc(N3CCOCC3)c(Br)c2)no1. The van der Waals surface area contributed by atoms with E-state index in [1.165, 1.54) is 5.69 Å². The van der Waals surface area contributed by atoms with Gasteiger partial charge in [-0.2, -0.15) is 0 Å². The number of nitrogens with two attached hydrogens (primary N) is 1. The Bertz CT molecular complexity index is 579. The lowest BCUT2D eigenvalue weighted by atomic mass is 10.1. The summed E-state index contributed by atoms with van der Waals surface area (Å²) in [5, 5.41) is 3.91. The van der Waals surface area contributed by atoms with Crippen LogP contribution in [0.4, 0.5) is 11.6 Å². The van der Waals surface area contributed by atoms with Crippen LogP contribution in [0.25, 0.3) is 11.3 Å². The molecule has 1 aromatic carbocycles. The van der Waals surface area contributed by atoms with Crippen molar-refractivity contribution in [1.82, 2.24) is 5.16 Å². The molecule has 0 spiro atoms. The Morgan fingerprint density at radius 3 is 2.63 bits per heavy atom. The highest BCUT2D eigenvalue weighted by Gasteiger charge is 2.15. The van der Waals surface area contributed by atoms with Crippen molar-refractivity contribution in [1.29, 1.82) is 0 Å². The fourth-order valence-electron chi connectivity index (χ4n) is 2.15. The van der Waals surface area contributed by atoms with Gasteiger partial charge in [0.25, 0.3) is 0 Å². The zero-order valence-electron chi connectivity index (χ0n) is 10.3. The summed E-state index contributed by atoms with van der Waals surface area (Å²) >= 11 is 3.61. The predicted molar refractivity (Wildman–Crippen MR) is 77.1 cm³/mol. The lowest BCUT2D eigenvalue weighted by molar-refractivity contribution is 0.122. The van der Waals surface area contributed by atoms with Gasteiger partial charge in [0.15, 0.2) is 0 Å². The quantitative estimate of drug-likeness (QED) is 0.920. The molecule has 100 valence electrons. The highest BCUT2D eigenvalue weighted by atomic mass is 79.9. The topological polar surface area (TPSA) is 64.5 Å². The van der Waals surface area contributed by atoms with Gasteiger partial charge in [0.1, 0.15) is 5.69 Å². The van der Waals surface area contributed by atoms with E-state index in [0.29, 0.717) is 5.88 Å². The molecular formula is C13H14BrN3O2. The summed E-state index contributed by atoms with van der Waals surface area (Å²) < 4.78 is 11.3. The van der Waals surface area contributed by atoms with E-state index in [4.69, 9.17) is 15.0 Å². The van der Waals surface area contributed by atoms with E-state index in [1.807, 2.05) is 12.1 Å². The van der Waals surface area contributed by atoms with Crippen molar-refractivity contribution in [2.75, 3.05) is 36.9 Å². The fraction of sp³-hybridized carbons (Fsp3) is 0.308. The van der Waals surface area contributed by atoms with Crippen LogP contribution in [-0.2, 0) is 4.74 Å². The van der Waals surface area contributed by atoms with Gasteiger partial charge in [0, 0.05) is 29.2 Å². The summed E-state index contributed by atoms with van der Waals surface area (Å²) in [7, 11) is 0. The highest BCUT2D eigenvalue weighted by molar-refractivity contribution is 9.10. The number of nitrogen functional groups attached to an aromatic ring is 1. The van der Waals surface area contributed by atoms with Gasteiger partial charge in [-0.25, -0.2) is 0 Å². The maximum absolute atomic E-state index is 5.54. The van der Waals surface area contributed by atoms with Gasteiger partial charge in [-0.05, 0) is 28.1 Å². The summed E-state index contributed by atoms with van der Waals surface area (Å²) in [6.45, 7) is 3.37. The van der Waals surface area contributed by atoms with Crippen LogP contribution in [0.5, 0.6) is 0 Å². The van der Waals surface area contributed by atoms with Crippen LogP contribution in [0, 0.1) is 0 Å². The zero-order valence-corrected chi connectivity index (χ0v) is 11.9. The summed E-state index contributed by atoms with van der Waals surface area (Å²) in [6.07, 6.45) is 0. The number of hydrogen-bond donors (Lipinski definition) is 1. The number of anilines is 2. The molecule has 19 heavy (non-hydrogen) atoms. The lowest BCUT2D eigenvalue weighted by Gasteiger charge is -2.29. The molecular weight excluding hydrogens is 310 g/mol.